The molecule has 2 rings (SSSR count). The summed E-state index contributed by atoms with van der Waals surface area (Å²) in [4.78, 5) is 19.3. The Morgan fingerprint density at radius 2 is 2.25 bits per heavy atom. The molecule has 0 atom stereocenters. The van der Waals surface area contributed by atoms with E-state index in [-0.39, 0.29) is 11.4 Å². The maximum Gasteiger partial charge on any atom is 0.291 e. The van der Waals surface area contributed by atoms with Crippen LogP contribution in [-0.4, -0.2) is 27.2 Å². The maximum absolute atomic E-state index is 11.7. The summed E-state index contributed by atoms with van der Waals surface area (Å²) in [7, 11) is 0. The first kappa shape index (κ1) is 14.9. The molecule has 1 aromatic heterocycles. The molecule has 6 nitrogen and oxygen atoms in total. The van der Waals surface area contributed by atoms with Crippen LogP contribution in [0.1, 0.15) is 16.1 Å². The van der Waals surface area contributed by atoms with Crippen molar-refractivity contribution in [3.8, 4) is 5.75 Å². The number of nitrogens with one attached hydrogen (secondary N) is 1. The van der Waals surface area contributed by atoms with Crippen molar-refractivity contribution in [1.29, 1.82) is 0 Å². The lowest BCUT2D eigenvalue weighted by molar-refractivity contribution is 0.0949. The van der Waals surface area contributed by atoms with Gasteiger partial charge in [0.2, 0.25) is 0 Å². The van der Waals surface area contributed by atoms with E-state index < -0.39 is 5.91 Å². The maximum atomic E-state index is 11.7. The molecule has 0 aliphatic heterocycles. The summed E-state index contributed by atoms with van der Waals surface area (Å²) < 4.78 is 1.49. The number of phenolic OH excluding ortho intramolecular Hbond substituents is 1. The van der Waals surface area contributed by atoms with E-state index in [1.165, 1.54) is 24.8 Å². The molecule has 20 heavy (non-hydrogen) atoms. The molecule has 0 radical (unpaired) electrons. The highest BCUT2D eigenvalue weighted by Gasteiger charge is 2.07. The highest BCUT2D eigenvalue weighted by Crippen LogP contribution is 2.27. The summed E-state index contributed by atoms with van der Waals surface area (Å²) in [5, 5.41) is 13.6. The fourth-order valence-corrected chi connectivity index (χ4v) is 2.87. The lowest BCUT2D eigenvalue weighted by Gasteiger charge is -2.03. The number of carbonyl (C=O) groups excluding carboxylic acids is 1. The van der Waals surface area contributed by atoms with Crippen molar-refractivity contribution in [2.75, 3.05) is 0 Å². The molecular formula is C12H8BrIN4O2. The SMILES string of the molecule is O=C(N/N=C/c1cc(Br)cc(I)c1O)c1cnccn1. The van der Waals surface area contributed by atoms with E-state index in [1.807, 2.05) is 22.6 Å². The normalized spacial score (nSPS) is 10.7. The third kappa shape index (κ3) is 3.73. The molecule has 1 amide bonds. The number of halogens is 2. The third-order valence-corrected chi connectivity index (χ3v) is 3.50. The Balaban J connectivity index is 2.10. The average molecular weight is 447 g/mol. The summed E-state index contributed by atoms with van der Waals surface area (Å²) >= 11 is 5.32. The second-order valence-electron chi connectivity index (χ2n) is 3.62. The fraction of sp³-hybridized carbons (Fsp3) is 0. The predicted molar refractivity (Wildman–Crippen MR) is 85.6 cm³/mol. The van der Waals surface area contributed by atoms with Gasteiger partial charge < -0.3 is 5.11 Å². The second kappa shape index (κ2) is 6.75. The predicted octanol–water partition coefficient (Wildman–Crippen LogP) is 2.31. The highest BCUT2D eigenvalue weighted by molar-refractivity contribution is 14.1. The number of aromatic nitrogens is 2. The first-order valence-corrected chi connectivity index (χ1v) is 7.22. The Kier molecular flexibility index (Phi) is 5.01. The van der Waals surface area contributed by atoms with Crippen LogP contribution >= 0.6 is 38.5 Å². The fourth-order valence-electron chi connectivity index (χ4n) is 1.32. The van der Waals surface area contributed by atoms with Crippen LogP contribution in [0, 0.1) is 3.57 Å². The number of phenols is 1. The third-order valence-electron chi connectivity index (χ3n) is 2.22. The van der Waals surface area contributed by atoms with E-state index in [0.717, 1.165) is 4.47 Å². The van der Waals surface area contributed by atoms with Gasteiger partial charge in [0, 0.05) is 22.4 Å². The van der Waals surface area contributed by atoms with Gasteiger partial charge in [-0.05, 0) is 34.7 Å². The van der Waals surface area contributed by atoms with Gasteiger partial charge in [-0.3, -0.25) is 9.78 Å². The molecule has 8 heteroatoms. The standard InChI is InChI=1S/C12H8BrIN4O2/c13-8-3-7(11(19)9(14)4-8)5-17-18-12(20)10-6-15-1-2-16-10/h1-6,19H,(H,18,20)/b17-5+. The Hall–Kier alpha value is -1.55. The summed E-state index contributed by atoms with van der Waals surface area (Å²) in [6, 6.07) is 3.46. The first-order valence-electron chi connectivity index (χ1n) is 5.35. The average Bonchev–Trinajstić information content (AvgIpc) is 2.44. The zero-order chi connectivity index (χ0) is 14.5. The molecule has 102 valence electrons. The molecule has 0 bridgehead atoms. The van der Waals surface area contributed by atoms with Crippen molar-refractivity contribution < 1.29 is 9.90 Å². The minimum absolute atomic E-state index is 0.103. The van der Waals surface area contributed by atoms with Crippen LogP contribution in [0.15, 0.2) is 40.3 Å². The molecule has 0 fully saturated rings. The molecule has 0 unspecified atom stereocenters. The topological polar surface area (TPSA) is 87.5 Å². The Labute approximate surface area is 136 Å². The van der Waals surface area contributed by atoms with Crippen molar-refractivity contribution in [3.05, 3.63) is 50.0 Å². The number of aromatic hydroxyl groups is 1. The summed E-state index contributed by atoms with van der Waals surface area (Å²) in [5.74, 6) is -0.371. The van der Waals surface area contributed by atoms with Gasteiger partial charge >= 0.3 is 0 Å². The number of benzene rings is 1. The van der Waals surface area contributed by atoms with E-state index >= 15 is 0 Å². The largest absolute Gasteiger partial charge is 0.506 e. The number of amides is 1. The van der Waals surface area contributed by atoms with Crippen LogP contribution in [0.2, 0.25) is 0 Å². The van der Waals surface area contributed by atoms with Crippen molar-refractivity contribution in [2.24, 2.45) is 5.10 Å². The first-order chi connectivity index (χ1) is 9.58. The Morgan fingerprint density at radius 3 is 2.95 bits per heavy atom. The minimum Gasteiger partial charge on any atom is -0.506 e. The molecule has 1 aromatic carbocycles. The zero-order valence-electron chi connectivity index (χ0n) is 9.92. The molecule has 2 N–H and O–H groups in total. The quantitative estimate of drug-likeness (QED) is 0.430. The summed E-state index contributed by atoms with van der Waals surface area (Å²) in [6.07, 6.45) is 5.59. The van der Waals surface area contributed by atoms with Crippen molar-refractivity contribution in [1.82, 2.24) is 15.4 Å². The summed E-state index contributed by atoms with van der Waals surface area (Å²) in [5.41, 5.74) is 2.97. The van der Waals surface area contributed by atoms with Crippen molar-refractivity contribution in [2.45, 2.75) is 0 Å². The molecule has 0 spiro atoms. The lowest BCUT2D eigenvalue weighted by atomic mass is 10.2. The highest BCUT2D eigenvalue weighted by atomic mass is 127. The molecular weight excluding hydrogens is 439 g/mol. The lowest BCUT2D eigenvalue weighted by Crippen LogP contribution is -2.19. The van der Waals surface area contributed by atoms with Gasteiger partial charge in [-0.2, -0.15) is 5.10 Å². The molecule has 0 aliphatic rings. The molecule has 1 heterocycles. The second-order valence-corrected chi connectivity index (χ2v) is 5.69. The van der Waals surface area contributed by atoms with E-state index in [4.69, 9.17) is 0 Å². The van der Waals surface area contributed by atoms with E-state index in [1.54, 1.807) is 12.1 Å². The van der Waals surface area contributed by atoms with Crippen LogP contribution in [0.4, 0.5) is 0 Å². The van der Waals surface area contributed by atoms with Gasteiger partial charge in [0.05, 0.1) is 16.0 Å². The molecule has 0 saturated carbocycles. The van der Waals surface area contributed by atoms with Gasteiger partial charge in [0.1, 0.15) is 11.4 Å². The van der Waals surface area contributed by atoms with Crippen molar-refractivity contribution >= 4 is 50.6 Å². The van der Waals surface area contributed by atoms with Gasteiger partial charge in [-0.25, -0.2) is 10.4 Å². The number of rotatable bonds is 3. The number of hydrogen-bond donors (Lipinski definition) is 2. The van der Waals surface area contributed by atoms with Gasteiger partial charge in [0.15, 0.2) is 0 Å². The van der Waals surface area contributed by atoms with Crippen LogP contribution in [0.3, 0.4) is 0 Å². The van der Waals surface area contributed by atoms with Gasteiger partial charge in [0.25, 0.3) is 5.91 Å². The van der Waals surface area contributed by atoms with Gasteiger partial charge in [-0.1, -0.05) is 15.9 Å². The molecule has 2 aromatic rings. The molecule has 0 aliphatic carbocycles. The molecule has 0 saturated heterocycles. The van der Waals surface area contributed by atoms with Crippen molar-refractivity contribution in [3.63, 3.8) is 0 Å². The smallest absolute Gasteiger partial charge is 0.291 e. The Morgan fingerprint density at radius 1 is 1.45 bits per heavy atom. The van der Waals surface area contributed by atoms with E-state index in [0.29, 0.717) is 9.13 Å². The number of carbonyl (C=O) groups is 1. The minimum atomic E-state index is -0.474. The van der Waals surface area contributed by atoms with Crippen LogP contribution in [0.5, 0.6) is 5.75 Å². The zero-order valence-corrected chi connectivity index (χ0v) is 13.7. The Bertz CT molecular complexity index is 664. The van der Waals surface area contributed by atoms with Crippen LogP contribution in [-0.2, 0) is 0 Å². The van der Waals surface area contributed by atoms with E-state index in [9.17, 15) is 9.90 Å². The van der Waals surface area contributed by atoms with Gasteiger partial charge in [-0.15, -0.1) is 0 Å². The number of hydrazone groups is 1. The van der Waals surface area contributed by atoms with E-state index in [2.05, 4.69) is 36.4 Å². The van der Waals surface area contributed by atoms with Crippen LogP contribution < -0.4 is 5.43 Å². The summed E-state index contributed by atoms with van der Waals surface area (Å²) in [6.45, 7) is 0. The number of hydrogen-bond acceptors (Lipinski definition) is 5. The number of nitrogens with zero attached hydrogens (tertiary/aromatic N) is 3. The monoisotopic (exact) mass is 446 g/mol. The van der Waals surface area contributed by atoms with Crippen LogP contribution in [0.25, 0.3) is 0 Å².